The molecule has 0 radical (unpaired) electrons. The van der Waals surface area contributed by atoms with Gasteiger partial charge in [-0.05, 0) is 74.8 Å². The van der Waals surface area contributed by atoms with E-state index in [1.165, 1.54) is 56.1 Å². The van der Waals surface area contributed by atoms with Crippen LogP contribution in [-0.4, -0.2) is 50.2 Å². The molecule has 5 N–H and O–H groups in total. The van der Waals surface area contributed by atoms with Crippen LogP contribution in [0.25, 0.3) is 0 Å². The number of likely N-dealkylation sites (N-methyl/N-ethyl adjacent to an activating group) is 1. The quantitative estimate of drug-likeness (QED) is 0.506. The number of allylic oxidation sites excluding steroid dienone is 2. The highest BCUT2D eigenvalue weighted by atomic mass is 15.5. The van der Waals surface area contributed by atoms with E-state index < -0.39 is 0 Å². The van der Waals surface area contributed by atoms with Crippen molar-refractivity contribution in [1.82, 2.24) is 15.5 Å². The summed E-state index contributed by atoms with van der Waals surface area (Å²) in [5, 5.41) is 6.96. The standard InChI is InChI=1S/C26H47N5/c1-18(12-15-31-17-30(6)24-22(31)23(27)28-16-29-24)9-10-21-19(2)11-14-25(4)20(3)8-7-13-26(21,25)5/h12,20-24,28-29H,2,7-11,13-17,27H2,1,3-6H3/p+1/t20-,21-,22?,23?,24?,25+,26+/m0/s1. The van der Waals surface area contributed by atoms with Gasteiger partial charge in [0.25, 0.3) is 0 Å². The first-order valence-corrected chi connectivity index (χ1v) is 12.8. The summed E-state index contributed by atoms with van der Waals surface area (Å²) in [4.78, 5) is 3.99. The minimum atomic E-state index is 0.0661. The van der Waals surface area contributed by atoms with Gasteiger partial charge in [-0.2, -0.15) is 0 Å². The first-order valence-electron chi connectivity index (χ1n) is 12.8. The van der Waals surface area contributed by atoms with Crippen molar-refractivity contribution < 1.29 is 4.90 Å². The molecule has 2 heterocycles. The van der Waals surface area contributed by atoms with E-state index in [2.05, 4.69) is 62.9 Å². The lowest BCUT2D eigenvalue weighted by Gasteiger charge is -2.61. The summed E-state index contributed by atoms with van der Waals surface area (Å²) in [5.41, 5.74) is 10.4. The van der Waals surface area contributed by atoms with Crippen LogP contribution >= 0.6 is 0 Å². The van der Waals surface area contributed by atoms with E-state index in [0.29, 0.717) is 29.0 Å². The molecular formula is C26H48N5+. The zero-order valence-corrected chi connectivity index (χ0v) is 20.8. The topological polar surface area (TPSA) is 57.8 Å². The molecule has 4 fully saturated rings. The number of nitrogens with zero attached hydrogens (tertiary/aromatic N) is 1. The lowest BCUT2D eigenvalue weighted by atomic mass is 9.43. The zero-order chi connectivity index (χ0) is 22.4. The monoisotopic (exact) mass is 430 g/mol. The highest BCUT2D eigenvalue weighted by molar-refractivity contribution is 5.18. The van der Waals surface area contributed by atoms with Crippen molar-refractivity contribution in [3.8, 4) is 0 Å². The van der Waals surface area contributed by atoms with Crippen LogP contribution in [-0.2, 0) is 0 Å². The van der Waals surface area contributed by atoms with Crippen molar-refractivity contribution in [3.05, 3.63) is 23.8 Å². The summed E-state index contributed by atoms with van der Waals surface area (Å²) in [6, 6.07) is 0.407. The first-order chi connectivity index (χ1) is 14.7. The van der Waals surface area contributed by atoms with Crippen molar-refractivity contribution in [1.29, 1.82) is 0 Å². The minimum absolute atomic E-state index is 0.0661. The second-order valence-electron chi connectivity index (χ2n) is 11.8. The van der Waals surface area contributed by atoms with E-state index >= 15 is 0 Å². The summed E-state index contributed by atoms with van der Waals surface area (Å²) >= 11 is 0. The van der Waals surface area contributed by atoms with Crippen LogP contribution in [0.15, 0.2) is 23.8 Å². The molecular weight excluding hydrogens is 382 g/mol. The van der Waals surface area contributed by atoms with Crippen LogP contribution in [0.1, 0.15) is 72.6 Å². The molecule has 4 aliphatic rings. The van der Waals surface area contributed by atoms with Crippen LogP contribution in [0, 0.1) is 22.7 Å². The summed E-state index contributed by atoms with van der Waals surface area (Å²) in [6.07, 6.45) is 12.2. The maximum atomic E-state index is 6.42. The molecule has 0 amide bonds. The van der Waals surface area contributed by atoms with Gasteiger partial charge in [0.05, 0.1) is 6.54 Å². The Morgan fingerprint density at radius 2 is 2.06 bits per heavy atom. The molecule has 0 aromatic carbocycles. The van der Waals surface area contributed by atoms with Gasteiger partial charge in [0.2, 0.25) is 0 Å². The normalized spacial score (nSPS) is 46.6. The number of nitrogens with two attached hydrogens (primary N) is 1. The van der Waals surface area contributed by atoms with Gasteiger partial charge >= 0.3 is 0 Å². The molecule has 4 rings (SSSR count). The third kappa shape index (κ3) is 4.06. The largest absolute Gasteiger partial charge is 0.312 e. The van der Waals surface area contributed by atoms with Crippen molar-refractivity contribution >= 4 is 0 Å². The van der Waals surface area contributed by atoms with E-state index in [0.717, 1.165) is 25.8 Å². The Bertz CT molecular complexity index is 704. The van der Waals surface area contributed by atoms with E-state index in [9.17, 15) is 0 Å². The summed E-state index contributed by atoms with van der Waals surface area (Å²) in [6.45, 7) is 17.5. The average Bonchev–Trinajstić information content (AvgIpc) is 3.05. The molecule has 2 aliphatic carbocycles. The fraction of sp³-hybridized carbons (Fsp3) is 0.846. The SMILES string of the molecule is C=C1CC[C@]2(C)[C@@H](C)CCC[C@]2(C)[C@H]1CCC(C)=CC[NH+]1CN(C)C2NCNC(N)C21. The van der Waals surface area contributed by atoms with E-state index in [-0.39, 0.29) is 6.17 Å². The Kier molecular flexibility index (Phi) is 6.73. The van der Waals surface area contributed by atoms with Gasteiger partial charge in [-0.1, -0.05) is 51.3 Å². The smallest absolute Gasteiger partial charge is 0.147 e. The lowest BCUT2D eigenvalue weighted by molar-refractivity contribution is -0.913. The molecule has 0 bridgehead atoms. The number of rotatable bonds is 5. The van der Waals surface area contributed by atoms with Gasteiger partial charge in [-0.3, -0.25) is 10.6 Å². The molecule has 31 heavy (non-hydrogen) atoms. The van der Waals surface area contributed by atoms with Crippen LogP contribution in [0.3, 0.4) is 0 Å². The number of fused-ring (bicyclic) bond motifs is 2. The van der Waals surface area contributed by atoms with E-state index in [4.69, 9.17) is 5.73 Å². The molecule has 0 aromatic rings. The van der Waals surface area contributed by atoms with Crippen LogP contribution < -0.4 is 21.3 Å². The third-order valence-electron chi connectivity index (χ3n) is 10.3. The second-order valence-corrected chi connectivity index (χ2v) is 11.8. The summed E-state index contributed by atoms with van der Waals surface area (Å²) < 4.78 is 0. The summed E-state index contributed by atoms with van der Waals surface area (Å²) in [7, 11) is 2.21. The Hall–Kier alpha value is -0.720. The van der Waals surface area contributed by atoms with Crippen molar-refractivity contribution in [2.24, 2.45) is 28.4 Å². The molecule has 2 saturated heterocycles. The van der Waals surface area contributed by atoms with Gasteiger partial charge in [0.15, 0.2) is 0 Å². The highest BCUT2D eigenvalue weighted by Gasteiger charge is 2.56. The molecule has 2 saturated carbocycles. The third-order valence-corrected chi connectivity index (χ3v) is 10.3. The number of nitrogens with one attached hydrogen (secondary N) is 3. The van der Waals surface area contributed by atoms with Gasteiger partial charge in [-0.25, -0.2) is 4.90 Å². The predicted molar refractivity (Wildman–Crippen MR) is 129 cm³/mol. The Labute approximate surface area is 190 Å². The van der Waals surface area contributed by atoms with Crippen molar-refractivity contribution in [3.63, 3.8) is 0 Å². The molecule has 0 aromatic heterocycles. The summed E-state index contributed by atoms with van der Waals surface area (Å²) in [5.74, 6) is 1.51. The first kappa shape index (κ1) is 23.4. The molecule has 176 valence electrons. The van der Waals surface area contributed by atoms with Gasteiger partial charge in [0, 0.05) is 6.67 Å². The highest BCUT2D eigenvalue weighted by Crippen LogP contribution is 2.65. The van der Waals surface area contributed by atoms with Crippen LogP contribution in [0.5, 0.6) is 0 Å². The molecule has 5 nitrogen and oxygen atoms in total. The second kappa shape index (κ2) is 8.90. The number of hydrogen-bond donors (Lipinski definition) is 4. The van der Waals surface area contributed by atoms with Gasteiger partial charge < -0.3 is 10.6 Å². The Balaban J connectivity index is 1.39. The number of hydrogen-bond acceptors (Lipinski definition) is 4. The molecule has 2 aliphatic heterocycles. The number of quaternary nitrogens is 1. The van der Waals surface area contributed by atoms with Crippen molar-refractivity contribution in [2.75, 3.05) is 26.9 Å². The Morgan fingerprint density at radius 3 is 2.84 bits per heavy atom. The van der Waals surface area contributed by atoms with Crippen LogP contribution in [0.2, 0.25) is 0 Å². The zero-order valence-electron chi connectivity index (χ0n) is 20.8. The molecule has 0 spiro atoms. The lowest BCUT2D eigenvalue weighted by Crippen LogP contribution is -3.17. The molecule has 8 atom stereocenters. The average molecular weight is 431 g/mol. The predicted octanol–water partition coefficient (Wildman–Crippen LogP) is 2.43. The fourth-order valence-corrected chi connectivity index (χ4v) is 7.76. The molecule has 5 heteroatoms. The van der Waals surface area contributed by atoms with Gasteiger partial charge in [-0.15, -0.1) is 0 Å². The maximum Gasteiger partial charge on any atom is 0.147 e. The van der Waals surface area contributed by atoms with Crippen LogP contribution in [0.4, 0.5) is 0 Å². The molecule has 4 unspecified atom stereocenters. The van der Waals surface area contributed by atoms with E-state index in [1.807, 2.05) is 0 Å². The van der Waals surface area contributed by atoms with E-state index in [1.54, 1.807) is 4.90 Å². The maximum absolute atomic E-state index is 6.42. The fourth-order valence-electron chi connectivity index (χ4n) is 7.76. The van der Waals surface area contributed by atoms with Crippen molar-refractivity contribution in [2.45, 2.75) is 91.0 Å². The van der Waals surface area contributed by atoms with Gasteiger partial charge in [0.1, 0.15) is 25.0 Å². The minimum Gasteiger partial charge on any atom is -0.312 e. The Morgan fingerprint density at radius 1 is 1.29 bits per heavy atom.